The smallest absolute Gasteiger partial charge is 0.220 e. The van der Waals surface area contributed by atoms with Gasteiger partial charge in [-0.2, -0.15) is 0 Å². The van der Waals surface area contributed by atoms with Crippen molar-refractivity contribution in [2.45, 2.75) is 243 Å². The molecule has 0 spiro atoms. The second kappa shape index (κ2) is 34.4. The molecule has 9 heteroatoms. The molecule has 0 bridgehead atoms. The lowest BCUT2D eigenvalue weighted by Crippen LogP contribution is -2.60. The van der Waals surface area contributed by atoms with E-state index in [0.29, 0.717) is 12.8 Å². The van der Waals surface area contributed by atoms with Gasteiger partial charge in [0, 0.05) is 6.42 Å². The molecule has 1 saturated heterocycles. The maximum Gasteiger partial charge on any atom is 0.220 e. The first-order valence-electron chi connectivity index (χ1n) is 21.9. The molecule has 0 aromatic rings. The van der Waals surface area contributed by atoms with Crippen molar-refractivity contribution in [2.24, 2.45) is 0 Å². The summed E-state index contributed by atoms with van der Waals surface area (Å²) in [5, 5.41) is 54.2. The number of rotatable bonds is 36. The Morgan fingerprint density at radius 2 is 1.08 bits per heavy atom. The number of hydrogen-bond acceptors (Lipinski definition) is 8. The maximum atomic E-state index is 12.9. The van der Waals surface area contributed by atoms with Gasteiger partial charge in [0.05, 0.1) is 25.4 Å². The van der Waals surface area contributed by atoms with Crippen molar-refractivity contribution < 1.29 is 39.8 Å². The minimum atomic E-state index is -1.55. The van der Waals surface area contributed by atoms with Gasteiger partial charge in [0.2, 0.25) is 5.91 Å². The van der Waals surface area contributed by atoms with Crippen molar-refractivity contribution in [3.05, 3.63) is 12.2 Å². The zero-order valence-electron chi connectivity index (χ0n) is 33.6. The number of aliphatic hydroxyl groups is 5. The van der Waals surface area contributed by atoms with Crippen molar-refractivity contribution in [2.75, 3.05) is 13.2 Å². The standard InChI is InChI=1S/C43H83NO8/c1-3-5-7-9-11-13-15-17-18-19-21-23-25-27-29-31-33-39(47)44-36(35-51-43-42(50)41(49)40(48)38(34-45)52-43)37(46)32-30-28-26-24-22-20-16-14-12-10-8-6-4-2/h18-19,36-38,40-43,45-46,48-50H,3-17,20-35H2,1-2H3,(H,44,47)/b19-18-. The first kappa shape index (κ1) is 48.9. The van der Waals surface area contributed by atoms with Crippen molar-refractivity contribution in [1.82, 2.24) is 5.32 Å². The van der Waals surface area contributed by atoms with Gasteiger partial charge in [-0.25, -0.2) is 0 Å². The summed E-state index contributed by atoms with van der Waals surface area (Å²) >= 11 is 0. The summed E-state index contributed by atoms with van der Waals surface area (Å²) in [6.45, 7) is 3.82. The topological polar surface area (TPSA) is 149 Å². The number of nitrogens with one attached hydrogen (secondary N) is 1. The van der Waals surface area contributed by atoms with Crippen molar-refractivity contribution in [3.8, 4) is 0 Å². The molecule has 0 radical (unpaired) electrons. The van der Waals surface area contributed by atoms with Crippen molar-refractivity contribution >= 4 is 5.91 Å². The predicted octanol–water partition coefficient (Wildman–Crippen LogP) is 8.56. The van der Waals surface area contributed by atoms with Gasteiger partial charge in [-0.3, -0.25) is 4.79 Å². The van der Waals surface area contributed by atoms with Crippen LogP contribution in [0.15, 0.2) is 12.2 Å². The van der Waals surface area contributed by atoms with E-state index in [9.17, 15) is 30.3 Å². The molecule has 7 unspecified atom stereocenters. The van der Waals surface area contributed by atoms with E-state index in [1.54, 1.807) is 0 Å². The lowest BCUT2D eigenvalue weighted by atomic mass is 9.99. The van der Waals surface area contributed by atoms with Crippen molar-refractivity contribution in [1.29, 1.82) is 0 Å². The zero-order valence-corrected chi connectivity index (χ0v) is 33.6. The van der Waals surface area contributed by atoms with E-state index in [1.165, 1.54) is 122 Å². The number of carbonyl (C=O) groups is 1. The van der Waals surface area contributed by atoms with Gasteiger partial charge in [0.25, 0.3) is 0 Å². The third-order valence-electron chi connectivity index (χ3n) is 10.6. The highest BCUT2D eigenvalue weighted by Gasteiger charge is 2.44. The average molecular weight is 742 g/mol. The van der Waals surface area contributed by atoms with E-state index < -0.39 is 49.5 Å². The Balaban J connectivity index is 2.36. The Labute approximate surface area is 318 Å². The lowest BCUT2D eigenvalue weighted by Gasteiger charge is -2.40. The molecule has 1 heterocycles. The fraction of sp³-hybridized carbons (Fsp3) is 0.930. The Kier molecular flexibility index (Phi) is 32.4. The first-order chi connectivity index (χ1) is 25.3. The second-order valence-electron chi connectivity index (χ2n) is 15.5. The van der Waals surface area contributed by atoms with Crippen LogP contribution in [0.3, 0.4) is 0 Å². The highest BCUT2D eigenvalue weighted by atomic mass is 16.7. The van der Waals surface area contributed by atoms with Crippen LogP contribution >= 0.6 is 0 Å². The largest absolute Gasteiger partial charge is 0.394 e. The summed E-state index contributed by atoms with van der Waals surface area (Å²) in [6, 6.07) is -0.718. The summed E-state index contributed by atoms with van der Waals surface area (Å²) in [6.07, 6.45) is 30.7. The molecule has 0 saturated carbocycles. The molecular weight excluding hydrogens is 658 g/mol. The SMILES string of the molecule is CCCCCCCCC/C=C\CCCCCCCC(=O)NC(COC1OC(CO)C(O)C(O)C1O)C(O)CCCCCCCCCCCCCCC. The third-order valence-corrected chi connectivity index (χ3v) is 10.6. The van der Waals surface area contributed by atoms with E-state index in [-0.39, 0.29) is 12.5 Å². The van der Waals surface area contributed by atoms with Crippen LogP contribution in [0.1, 0.15) is 200 Å². The lowest BCUT2D eigenvalue weighted by molar-refractivity contribution is -0.302. The minimum Gasteiger partial charge on any atom is -0.394 e. The predicted molar refractivity (Wildman–Crippen MR) is 212 cm³/mol. The van der Waals surface area contributed by atoms with Crippen molar-refractivity contribution in [3.63, 3.8) is 0 Å². The van der Waals surface area contributed by atoms with Gasteiger partial charge in [-0.15, -0.1) is 0 Å². The summed E-state index contributed by atoms with van der Waals surface area (Å²) in [5.41, 5.74) is 0. The Morgan fingerprint density at radius 1 is 0.635 bits per heavy atom. The van der Waals surface area contributed by atoms with Gasteiger partial charge in [-0.05, 0) is 38.5 Å². The molecule has 0 aromatic heterocycles. The molecule has 9 nitrogen and oxygen atoms in total. The number of allylic oxidation sites excluding steroid dienone is 2. The number of unbranched alkanes of at least 4 members (excludes halogenated alkanes) is 24. The van der Waals surface area contributed by atoms with E-state index in [2.05, 4.69) is 31.3 Å². The van der Waals surface area contributed by atoms with Gasteiger partial charge in [0.1, 0.15) is 24.4 Å². The Morgan fingerprint density at radius 3 is 1.56 bits per heavy atom. The van der Waals surface area contributed by atoms with Crippen LogP contribution in [0.2, 0.25) is 0 Å². The summed E-state index contributed by atoms with van der Waals surface area (Å²) in [7, 11) is 0. The molecule has 308 valence electrons. The fourth-order valence-electron chi connectivity index (χ4n) is 7.04. The Hall–Kier alpha value is -1.07. The maximum absolute atomic E-state index is 12.9. The van der Waals surface area contributed by atoms with E-state index >= 15 is 0 Å². The molecule has 0 aromatic carbocycles. The molecule has 1 aliphatic heterocycles. The van der Waals surface area contributed by atoms with Crippen LogP contribution in [0.5, 0.6) is 0 Å². The number of aliphatic hydroxyl groups excluding tert-OH is 5. The number of ether oxygens (including phenoxy) is 2. The zero-order chi connectivity index (χ0) is 38.1. The summed E-state index contributed by atoms with van der Waals surface area (Å²) in [4.78, 5) is 12.9. The molecule has 0 aliphatic carbocycles. The van der Waals surface area contributed by atoms with Crippen LogP contribution in [0, 0.1) is 0 Å². The highest BCUT2D eigenvalue weighted by Crippen LogP contribution is 2.23. The monoisotopic (exact) mass is 742 g/mol. The van der Waals surface area contributed by atoms with Crippen LogP contribution < -0.4 is 5.32 Å². The quantitative estimate of drug-likeness (QED) is 0.0277. The molecule has 52 heavy (non-hydrogen) atoms. The first-order valence-corrected chi connectivity index (χ1v) is 21.9. The minimum absolute atomic E-state index is 0.138. The molecular formula is C43H83NO8. The van der Waals surface area contributed by atoms with Gasteiger partial charge in [0.15, 0.2) is 6.29 Å². The van der Waals surface area contributed by atoms with E-state index in [1.807, 2.05) is 0 Å². The highest BCUT2D eigenvalue weighted by molar-refractivity contribution is 5.76. The molecule has 1 amide bonds. The molecule has 1 aliphatic rings. The third kappa shape index (κ3) is 25.1. The van der Waals surface area contributed by atoms with Gasteiger partial charge in [-0.1, -0.05) is 167 Å². The van der Waals surface area contributed by atoms with Gasteiger partial charge >= 0.3 is 0 Å². The molecule has 7 atom stereocenters. The summed E-state index contributed by atoms with van der Waals surface area (Å²) < 4.78 is 11.2. The fourth-order valence-corrected chi connectivity index (χ4v) is 7.04. The number of amides is 1. The second-order valence-corrected chi connectivity index (χ2v) is 15.5. The number of hydrogen-bond donors (Lipinski definition) is 6. The van der Waals surface area contributed by atoms with E-state index in [4.69, 9.17) is 9.47 Å². The van der Waals surface area contributed by atoms with Crippen LogP contribution in [0.4, 0.5) is 0 Å². The number of carbonyl (C=O) groups excluding carboxylic acids is 1. The average Bonchev–Trinajstić information content (AvgIpc) is 3.14. The Bertz CT molecular complexity index is 827. The summed E-state index contributed by atoms with van der Waals surface area (Å²) in [5.74, 6) is -0.153. The van der Waals surface area contributed by atoms with Crippen LogP contribution in [-0.2, 0) is 14.3 Å². The normalized spacial score (nSPS) is 21.9. The van der Waals surface area contributed by atoms with E-state index in [0.717, 1.165) is 51.4 Å². The molecule has 6 N–H and O–H groups in total. The van der Waals surface area contributed by atoms with Crippen LogP contribution in [0.25, 0.3) is 0 Å². The van der Waals surface area contributed by atoms with Gasteiger partial charge < -0.3 is 40.3 Å². The molecule has 1 fully saturated rings. The van der Waals surface area contributed by atoms with Crippen LogP contribution in [-0.4, -0.2) is 87.5 Å². The molecule has 1 rings (SSSR count).